The SMILES string of the molecule is COc1ccc(C[C@@H]2NC(=O)CCCN(Cc3ccccc3OCCCCn3ccnc3)CCCNC(=O)[C@H](C)N(C)C2=O)cc1. The van der Waals surface area contributed by atoms with Gasteiger partial charge in [0.2, 0.25) is 17.7 Å². The smallest absolute Gasteiger partial charge is 0.245 e. The molecule has 0 radical (unpaired) electrons. The number of hydrogen-bond donors (Lipinski definition) is 2. The highest BCUT2D eigenvalue weighted by atomic mass is 16.5. The minimum Gasteiger partial charge on any atom is -0.497 e. The Hall–Kier alpha value is -4.38. The lowest BCUT2D eigenvalue weighted by atomic mass is 10.0. The molecular weight excluding hydrogens is 584 g/mol. The van der Waals surface area contributed by atoms with Gasteiger partial charge in [-0.15, -0.1) is 0 Å². The van der Waals surface area contributed by atoms with E-state index in [9.17, 15) is 14.4 Å². The highest BCUT2D eigenvalue weighted by Crippen LogP contribution is 2.21. The number of benzene rings is 2. The molecule has 0 saturated carbocycles. The number of imidazole rings is 1. The zero-order valence-corrected chi connectivity index (χ0v) is 27.3. The average Bonchev–Trinajstić information content (AvgIpc) is 3.59. The molecule has 0 aliphatic carbocycles. The second-order valence-corrected chi connectivity index (χ2v) is 11.8. The van der Waals surface area contributed by atoms with Gasteiger partial charge in [0.25, 0.3) is 0 Å². The van der Waals surface area contributed by atoms with Crippen molar-refractivity contribution in [1.29, 1.82) is 0 Å². The van der Waals surface area contributed by atoms with Crippen LogP contribution in [0.1, 0.15) is 50.2 Å². The van der Waals surface area contributed by atoms with Gasteiger partial charge in [0.15, 0.2) is 0 Å². The molecule has 0 unspecified atom stereocenters. The molecule has 1 aliphatic rings. The standard InChI is InChI=1S/C35H48N6O5/c1-27-34(43)37-17-9-21-40(25-29-10-4-5-11-32(29)46-23-7-6-19-41-22-18-36-26-41)20-8-12-33(42)38-31(35(44)39(27)2)24-28-13-15-30(45-3)16-14-28/h4-5,10-11,13-16,18,22,26-27,31H,6-9,12,17,19-21,23-25H2,1-3H3,(H,37,43)(H,38,42)/t27-,31-/m0/s1. The Balaban J connectivity index is 1.39. The number of hydrogen-bond acceptors (Lipinski definition) is 7. The molecule has 0 spiro atoms. The Morgan fingerprint density at radius 3 is 2.54 bits per heavy atom. The van der Waals surface area contributed by atoms with Crippen LogP contribution >= 0.6 is 0 Å². The molecule has 4 rings (SSSR count). The number of rotatable bonds is 11. The third-order valence-corrected chi connectivity index (χ3v) is 8.36. The minimum absolute atomic E-state index is 0.188. The summed E-state index contributed by atoms with van der Waals surface area (Å²) in [5.74, 6) is 0.861. The third-order valence-electron chi connectivity index (χ3n) is 8.36. The van der Waals surface area contributed by atoms with E-state index in [1.807, 2.05) is 55.0 Å². The van der Waals surface area contributed by atoms with Crippen LogP contribution in [0.4, 0.5) is 0 Å². The van der Waals surface area contributed by atoms with Gasteiger partial charge in [-0.1, -0.05) is 30.3 Å². The molecule has 2 aromatic carbocycles. The van der Waals surface area contributed by atoms with Gasteiger partial charge in [0.1, 0.15) is 23.6 Å². The van der Waals surface area contributed by atoms with Gasteiger partial charge in [-0.3, -0.25) is 19.3 Å². The van der Waals surface area contributed by atoms with Crippen LogP contribution in [-0.4, -0.2) is 89.6 Å². The van der Waals surface area contributed by atoms with Gasteiger partial charge in [-0.2, -0.15) is 0 Å². The maximum absolute atomic E-state index is 13.5. The lowest BCUT2D eigenvalue weighted by Crippen LogP contribution is -2.54. The fraction of sp³-hybridized carbons (Fsp3) is 0.486. The summed E-state index contributed by atoms with van der Waals surface area (Å²) in [7, 11) is 3.21. The molecule has 2 N–H and O–H groups in total. The van der Waals surface area contributed by atoms with Crippen LogP contribution in [-0.2, 0) is 33.9 Å². The zero-order chi connectivity index (χ0) is 32.7. The van der Waals surface area contributed by atoms with Gasteiger partial charge in [0, 0.05) is 64.0 Å². The van der Waals surface area contributed by atoms with Crippen molar-refractivity contribution in [3.8, 4) is 11.5 Å². The molecule has 1 aliphatic heterocycles. The van der Waals surface area contributed by atoms with E-state index in [2.05, 4.69) is 31.2 Å². The van der Waals surface area contributed by atoms with Crippen LogP contribution < -0.4 is 20.1 Å². The maximum atomic E-state index is 13.5. The summed E-state index contributed by atoms with van der Waals surface area (Å²) >= 11 is 0. The monoisotopic (exact) mass is 632 g/mol. The molecule has 2 heterocycles. The maximum Gasteiger partial charge on any atom is 0.245 e. The number of nitrogens with one attached hydrogen (secondary N) is 2. The van der Waals surface area contributed by atoms with E-state index in [1.54, 1.807) is 27.3 Å². The normalized spacial score (nSPS) is 19.1. The number of carbonyl (C=O) groups excluding carboxylic acids is 3. The first-order chi connectivity index (χ1) is 22.3. The number of ether oxygens (including phenoxy) is 2. The van der Waals surface area contributed by atoms with Gasteiger partial charge in [-0.25, -0.2) is 4.98 Å². The van der Waals surface area contributed by atoms with Gasteiger partial charge in [0.05, 0.1) is 20.0 Å². The van der Waals surface area contributed by atoms with Crippen molar-refractivity contribution in [2.45, 2.75) is 70.6 Å². The summed E-state index contributed by atoms with van der Waals surface area (Å²) in [5.41, 5.74) is 1.97. The predicted octanol–water partition coefficient (Wildman–Crippen LogP) is 3.43. The number of para-hydroxylation sites is 1. The van der Waals surface area contributed by atoms with Crippen molar-refractivity contribution < 1.29 is 23.9 Å². The highest BCUT2D eigenvalue weighted by Gasteiger charge is 2.30. The highest BCUT2D eigenvalue weighted by molar-refractivity contribution is 5.92. The third kappa shape index (κ3) is 10.6. The van der Waals surface area contributed by atoms with Gasteiger partial charge in [-0.05, 0) is 62.9 Å². The summed E-state index contributed by atoms with van der Waals surface area (Å²) in [5, 5.41) is 5.95. The predicted molar refractivity (Wildman–Crippen MR) is 176 cm³/mol. The molecule has 3 aromatic rings. The zero-order valence-electron chi connectivity index (χ0n) is 27.3. The largest absolute Gasteiger partial charge is 0.497 e. The molecule has 1 saturated heterocycles. The van der Waals surface area contributed by atoms with E-state index in [1.165, 1.54) is 4.90 Å². The van der Waals surface area contributed by atoms with Crippen molar-refractivity contribution in [3.63, 3.8) is 0 Å². The van der Waals surface area contributed by atoms with Crippen LogP contribution in [0.2, 0.25) is 0 Å². The first kappa shape index (κ1) is 34.5. The van der Waals surface area contributed by atoms with Gasteiger partial charge >= 0.3 is 0 Å². The van der Waals surface area contributed by atoms with E-state index >= 15 is 0 Å². The number of unbranched alkanes of at least 4 members (excludes halogenated alkanes) is 1. The summed E-state index contributed by atoms with van der Waals surface area (Å²) in [6, 6.07) is 14.0. The number of methoxy groups -OCH3 is 1. The van der Waals surface area contributed by atoms with Crippen LogP contribution in [0.25, 0.3) is 0 Å². The summed E-state index contributed by atoms with van der Waals surface area (Å²) in [4.78, 5) is 47.5. The minimum atomic E-state index is -0.800. The number of likely N-dealkylation sites (N-methyl/N-ethyl adjacent to an activating group) is 1. The van der Waals surface area contributed by atoms with Crippen molar-refractivity contribution in [1.82, 2.24) is 30.0 Å². The Morgan fingerprint density at radius 1 is 1.00 bits per heavy atom. The number of carbonyl (C=O) groups is 3. The summed E-state index contributed by atoms with van der Waals surface area (Å²) in [6.07, 6.45) is 9.47. The number of nitrogens with zero attached hydrogens (tertiary/aromatic N) is 4. The van der Waals surface area contributed by atoms with E-state index < -0.39 is 12.1 Å². The molecule has 2 atom stereocenters. The second kappa shape index (κ2) is 17.9. The van der Waals surface area contributed by atoms with Crippen molar-refractivity contribution >= 4 is 17.7 Å². The van der Waals surface area contributed by atoms with Crippen molar-refractivity contribution in [3.05, 3.63) is 78.4 Å². The molecule has 1 fully saturated rings. The molecule has 11 heteroatoms. The van der Waals surface area contributed by atoms with Crippen LogP contribution in [0.3, 0.4) is 0 Å². The second-order valence-electron chi connectivity index (χ2n) is 11.8. The molecule has 3 amide bonds. The molecule has 0 bridgehead atoms. The summed E-state index contributed by atoms with van der Waals surface area (Å²) < 4.78 is 13.5. The van der Waals surface area contributed by atoms with Crippen LogP contribution in [0, 0.1) is 0 Å². The fourth-order valence-electron chi connectivity index (χ4n) is 5.49. The number of aromatic nitrogens is 2. The van der Waals surface area contributed by atoms with E-state index in [4.69, 9.17) is 9.47 Å². The molecule has 46 heavy (non-hydrogen) atoms. The molecule has 11 nitrogen and oxygen atoms in total. The van der Waals surface area contributed by atoms with E-state index in [-0.39, 0.29) is 24.1 Å². The fourth-order valence-corrected chi connectivity index (χ4v) is 5.49. The summed E-state index contributed by atoms with van der Waals surface area (Å²) in [6.45, 7) is 5.83. The number of amides is 3. The first-order valence-corrected chi connectivity index (χ1v) is 16.2. The quantitative estimate of drug-likeness (QED) is 0.311. The molecule has 248 valence electrons. The number of aryl methyl sites for hydroxylation is 1. The lowest BCUT2D eigenvalue weighted by molar-refractivity contribution is -0.141. The topological polar surface area (TPSA) is 118 Å². The Bertz CT molecular complexity index is 1380. The van der Waals surface area contributed by atoms with Gasteiger partial charge < -0.3 is 29.6 Å². The Kier molecular flexibility index (Phi) is 13.5. The average molecular weight is 633 g/mol. The van der Waals surface area contributed by atoms with Crippen molar-refractivity contribution in [2.24, 2.45) is 0 Å². The lowest BCUT2D eigenvalue weighted by Gasteiger charge is -2.29. The van der Waals surface area contributed by atoms with Crippen LogP contribution in [0.5, 0.6) is 11.5 Å². The molecular formula is C35H48N6O5. The Morgan fingerprint density at radius 2 is 1.78 bits per heavy atom. The van der Waals surface area contributed by atoms with E-state index in [0.29, 0.717) is 44.8 Å². The van der Waals surface area contributed by atoms with Crippen LogP contribution in [0.15, 0.2) is 67.3 Å². The molecule has 1 aromatic heterocycles. The van der Waals surface area contributed by atoms with Crippen molar-refractivity contribution in [2.75, 3.05) is 40.4 Å². The Labute approximate surface area is 272 Å². The first-order valence-electron chi connectivity index (χ1n) is 16.2. The van der Waals surface area contributed by atoms with E-state index in [0.717, 1.165) is 49.2 Å².